The van der Waals surface area contributed by atoms with Crippen LogP contribution in [0.4, 0.5) is 10.1 Å². The highest BCUT2D eigenvalue weighted by Crippen LogP contribution is 2.34. The zero-order valence-corrected chi connectivity index (χ0v) is 14.2. The normalized spacial score (nSPS) is 16.1. The van der Waals surface area contributed by atoms with Crippen molar-refractivity contribution in [1.82, 2.24) is 0 Å². The smallest absolute Gasteiger partial charge is 0.123 e. The van der Waals surface area contributed by atoms with E-state index in [9.17, 15) is 4.39 Å². The first kappa shape index (κ1) is 15.3. The van der Waals surface area contributed by atoms with Crippen LogP contribution in [-0.2, 0) is 6.42 Å². The molecule has 0 aliphatic heterocycles. The molecule has 3 rings (SSSR count). The topological polar surface area (TPSA) is 3.24 Å². The Hall–Kier alpha value is -1.61. The summed E-state index contributed by atoms with van der Waals surface area (Å²) in [7, 11) is 1.93. The summed E-state index contributed by atoms with van der Waals surface area (Å²) in [6.45, 7) is 0.311. The molecule has 3 heteroatoms. The second-order valence-electron chi connectivity index (χ2n) is 5.73. The molecule has 0 spiro atoms. The lowest BCUT2D eigenvalue weighted by atomic mass is 9.87. The van der Waals surface area contributed by atoms with E-state index >= 15 is 0 Å². The number of nitrogens with zero attached hydrogens (tertiary/aromatic N) is 1. The molecule has 0 bridgehead atoms. The van der Waals surface area contributed by atoms with Crippen LogP contribution in [0.15, 0.2) is 58.8 Å². The van der Waals surface area contributed by atoms with Gasteiger partial charge in [-0.15, -0.1) is 0 Å². The molecule has 1 nitrogen and oxygen atoms in total. The maximum atomic E-state index is 14.8. The van der Waals surface area contributed by atoms with Crippen LogP contribution in [-0.4, -0.2) is 13.6 Å². The molecule has 0 fully saturated rings. The fraction of sp³-hybridized carbons (Fsp3) is 0.263. The second kappa shape index (κ2) is 6.66. The number of rotatable bonds is 3. The number of allylic oxidation sites excluding steroid dienone is 1. The van der Waals surface area contributed by atoms with Gasteiger partial charge in [-0.05, 0) is 60.2 Å². The molecule has 114 valence electrons. The number of aryl methyl sites for hydroxylation is 1. The van der Waals surface area contributed by atoms with E-state index in [1.165, 1.54) is 5.56 Å². The third-order valence-electron chi connectivity index (χ3n) is 4.19. The number of fused-ring (bicyclic) bond motifs is 1. The molecule has 0 saturated carbocycles. The lowest BCUT2D eigenvalue weighted by molar-refractivity contribution is 0.605. The quantitative estimate of drug-likeness (QED) is 0.688. The van der Waals surface area contributed by atoms with E-state index in [2.05, 4.69) is 22.0 Å². The van der Waals surface area contributed by atoms with Crippen LogP contribution >= 0.6 is 15.9 Å². The zero-order valence-electron chi connectivity index (χ0n) is 12.7. The van der Waals surface area contributed by atoms with Gasteiger partial charge in [-0.1, -0.05) is 40.2 Å². The Bertz CT molecular complexity index is 691. The minimum Gasteiger partial charge on any atom is -0.368 e. The maximum Gasteiger partial charge on any atom is 0.123 e. The molecule has 2 aromatic rings. The van der Waals surface area contributed by atoms with Crippen LogP contribution in [0.5, 0.6) is 0 Å². The molecule has 0 amide bonds. The predicted molar refractivity (Wildman–Crippen MR) is 94.8 cm³/mol. The van der Waals surface area contributed by atoms with Gasteiger partial charge in [-0.25, -0.2) is 4.39 Å². The fourth-order valence-electron chi connectivity index (χ4n) is 3.00. The summed E-state index contributed by atoms with van der Waals surface area (Å²) in [5.74, 6) is -0.0161. The molecule has 0 radical (unpaired) electrons. The molecule has 0 aromatic heterocycles. The van der Waals surface area contributed by atoms with E-state index in [-0.39, 0.29) is 5.83 Å². The molecule has 0 heterocycles. The highest BCUT2D eigenvalue weighted by atomic mass is 79.9. The van der Waals surface area contributed by atoms with E-state index in [0.29, 0.717) is 6.54 Å². The summed E-state index contributed by atoms with van der Waals surface area (Å²) in [6, 6.07) is 16.1. The van der Waals surface area contributed by atoms with Crippen LogP contribution < -0.4 is 4.90 Å². The molecule has 0 N–H and O–H groups in total. The van der Waals surface area contributed by atoms with Crippen molar-refractivity contribution in [1.29, 1.82) is 0 Å². The fourth-order valence-corrected chi connectivity index (χ4v) is 3.26. The van der Waals surface area contributed by atoms with Crippen molar-refractivity contribution in [3.63, 3.8) is 0 Å². The molecule has 0 atom stereocenters. The largest absolute Gasteiger partial charge is 0.368 e. The van der Waals surface area contributed by atoms with E-state index in [1.54, 1.807) is 0 Å². The van der Waals surface area contributed by atoms with Crippen LogP contribution in [0.3, 0.4) is 0 Å². The third kappa shape index (κ3) is 3.25. The van der Waals surface area contributed by atoms with Gasteiger partial charge in [0.05, 0.1) is 6.54 Å². The highest BCUT2D eigenvalue weighted by Gasteiger charge is 2.18. The second-order valence-corrected chi connectivity index (χ2v) is 6.64. The predicted octanol–water partition coefficient (Wildman–Crippen LogP) is 5.60. The van der Waals surface area contributed by atoms with Gasteiger partial charge in [0.2, 0.25) is 0 Å². The van der Waals surface area contributed by atoms with E-state index < -0.39 is 0 Å². The molecule has 22 heavy (non-hydrogen) atoms. The average molecular weight is 360 g/mol. The molecule has 0 unspecified atom stereocenters. The van der Waals surface area contributed by atoms with E-state index in [1.807, 2.05) is 54.4 Å². The number of hydrogen-bond acceptors (Lipinski definition) is 1. The van der Waals surface area contributed by atoms with Gasteiger partial charge in [-0.3, -0.25) is 0 Å². The molecule has 0 saturated heterocycles. The summed E-state index contributed by atoms with van der Waals surface area (Å²) < 4.78 is 15.8. The summed E-state index contributed by atoms with van der Waals surface area (Å²) >= 11 is 3.42. The van der Waals surface area contributed by atoms with Crippen molar-refractivity contribution >= 4 is 27.2 Å². The lowest BCUT2D eigenvalue weighted by Crippen LogP contribution is -2.20. The number of benzene rings is 2. The molecule has 1 aliphatic carbocycles. The Morgan fingerprint density at radius 2 is 1.82 bits per heavy atom. The zero-order chi connectivity index (χ0) is 15.5. The molecular formula is C19H19BrFN. The minimum absolute atomic E-state index is 0.0161. The van der Waals surface area contributed by atoms with Crippen LogP contribution in [0, 0.1) is 0 Å². The Labute approximate surface area is 139 Å². The van der Waals surface area contributed by atoms with Gasteiger partial charge in [0, 0.05) is 17.2 Å². The standard InChI is InChI=1S/C19H19BrFN/c1-22(16-11-9-15(20)10-12-16)13-19(21)18-8-4-6-14-5-2-3-7-17(14)18/h2-3,5,7,9-12H,4,6,8,13H2,1H3/b19-18-. The van der Waals surface area contributed by atoms with Crippen molar-refractivity contribution in [2.45, 2.75) is 19.3 Å². The van der Waals surface area contributed by atoms with Crippen molar-refractivity contribution in [2.75, 3.05) is 18.5 Å². The maximum absolute atomic E-state index is 14.8. The van der Waals surface area contributed by atoms with Gasteiger partial charge >= 0.3 is 0 Å². The van der Waals surface area contributed by atoms with Gasteiger partial charge in [0.15, 0.2) is 0 Å². The number of likely N-dealkylation sites (N-methyl/N-ethyl adjacent to an activating group) is 1. The Kier molecular flexibility index (Phi) is 4.63. The third-order valence-corrected chi connectivity index (χ3v) is 4.71. The first-order valence-electron chi connectivity index (χ1n) is 7.57. The molecular weight excluding hydrogens is 341 g/mol. The lowest BCUT2D eigenvalue weighted by Gasteiger charge is -2.23. The number of halogens is 2. The Balaban J connectivity index is 1.84. The SMILES string of the molecule is CN(C/C(F)=C1\CCCc2ccccc21)c1ccc(Br)cc1. The number of hydrogen-bond donors (Lipinski definition) is 0. The Morgan fingerprint density at radius 3 is 2.59 bits per heavy atom. The van der Waals surface area contributed by atoms with E-state index in [0.717, 1.165) is 40.6 Å². The van der Waals surface area contributed by atoms with Gasteiger partial charge in [0.25, 0.3) is 0 Å². The summed E-state index contributed by atoms with van der Waals surface area (Å²) in [5.41, 5.74) is 4.26. The molecule has 2 aromatic carbocycles. The van der Waals surface area contributed by atoms with Crippen LogP contribution in [0.1, 0.15) is 24.0 Å². The number of anilines is 1. The van der Waals surface area contributed by atoms with Gasteiger partial charge in [-0.2, -0.15) is 0 Å². The van der Waals surface area contributed by atoms with Crippen LogP contribution in [0.2, 0.25) is 0 Å². The van der Waals surface area contributed by atoms with Gasteiger partial charge in [0.1, 0.15) is 5.83 Å². The van der Waals surface area contributed by atoms with Gasteiger partial charge < -0.3 is 4.90 Å². The Morgan fingerprint density at radius 1 is 1.09 bits per heavy atom. The molecule has 1 aliphatic rings. The van der Waals surface area contributed by atoms with Crippen molar-refractivity contribution in [3.05, 3.63) is 70.0 Å². The summed E-state index contributed by atoms with van der Waals surface area (Å²) in [5, 5.41) is 0. The first-order valence-corrected chi connectivity index (χ1v) is 8.37. The first-order chi connectivity index (χ1) is 10.6. The monoisotopic (exact) mass is 359 g/mol. The summed E-state index contributed by atoms with van der Waals surface area (Å²) in [6.07, 6.45) is 2.91. The van der Waals surface area contributed by atoms with E-state index in [4.69, 9.17) is 0 Å². The van der Waals surface area contributed by atoms with Crippen LogP contribution in [0.25, 0.3) is 5.57 Å². The average Bonchev–Trinajstić information content (AvgIpc) is 2.54. The van der Waals surface area contributed by atoms with Crippen molar-refractivity contribution in [3.8, 4) is 0 Å². The minimum atomic E-state index is -0.0161. The van der Waals surface area contributed by atoms with Crippen molar-refractivity contribution in [2.24, 2.45) is 0 Å². The van der Waals surface area contributed by atoms with Crippen molar-refractivity contribution < 1.29 is 4.39 Å². The highest BCUT2D eigenvalue weighted by molar-refractivity contribution is 9.10. The summed E-state index contributed by atoms with van der Waals surface area (Å²) in [4.78, 5) is 1.95.